The lowest BCUT2D eigenvalue weighted by atomic mass is 9.98. The molecular weight excluding hydrogens is 350 g/mol. The second-order valence-electron chi connectivity index (χ2n) is 7.38. The Bertz CT molecular complexity index is 760. The van der Waals surface area contributed by atoms with Crippen molar-refractivity contribution >= 4 is 5.91 Å². The van der Waals surface area contributed by atoms with Gasteiger partial charge in [-0.3, -0.25) is 4.79 Å². The molecular formula is C24H31NO3. The summed E-state index contributed by atoms with van der Waals surface area (Å²) in [5.74, 6) is 0.880. The van der Waals surface area contributed by atoms with Crippen molar-refractivity contribution in [2.24, 2.45) is 0 Å². The van der Waals surface area contributed by atoms with Crippen LogP contribution in [0.3, 0.4) is 0 Å². The molecule has 150 valence electrons. The van der Waals surface area contributed by atoms with Crippen LogP contribution in [0.4, 0.5) is 0 Å². The van der Waals surface area contributed by atoms with E-state index in [2.05, 4.69) is 6.92 Å². The molecule has 2 aromatic rings. The summed E-state index contributed by atoms with van der Waals surface area (Å²) in [6.45, 7) is 3.43. The van der Waals surface area contributed by atoms with Crippen LogP contribution in [0.25, 0.3) is 0 Å². The van der Waals surface area contributed by atoms with Crippen molar-refractivity contribution in [2.75, 3.05) is 13.7 Å². The smallest absolute Gasteiger partial charge is 0.256 e. The maximum Gasteiger partial charge on any atom is 0.256 e. The van der Waals surface area contributed by atoms with Gasteiger partial charge in [-0.15, -0.1) is 0 Å². The summed E-state index contributed by atoms with van der Waals surface area (Å²) in [7, 11) is 1.70. The standard InChI is InChI=1S/C24H31NO3/c1-3-4-5-9-12-23(27-2)25-16-15-20-17-21(13-14-22(20)24(25)26)28-18-19-10-7-6-8-11-19/h6-8,10-11,13-14,17,23H,3-5,9,12,15-16,18H2,1-2H3. The third-order valence-corrected chi connectivity index (χ3v) is 5.36. The first-order valence-electron chi connectivity index (χ1n) is 10.4. The second-order valence-corrected chi connectivity index (χ2v) is 7.38. The molecule has 1 heterocycles. The average Bonchev–Trinajstić information content (AvgIpc) is 2.74. The van der Waals surface area contributed by atoms with Crippen molar-refractivity contribution in [1.82, 2.24) is 4.90 Å². The van der Waals surface area contributed by atoms with E-state index in [9.17, 15) is 4.79 Å². The van der Waals surface area contributed by atoms with Crippen molar-refractivity contribution in [3.8, 4) is 5.75 Å². The first kappa shape index (κ1) is 20.4. The summed E-state index contributed by atoms with van der Waals surface area (Å²) < 4.78 is 11.6. The Morgan fingerprint density at radius 2 is 1.89 bits per heavy atom. The molecule has 0 saturated heterocycles. The van der Waals surface area contributed by atoms with Gasteiger partial charge in [-0.05, 0) is 48.6 Å². The maximum absolute atomic E-state index is 13.0. The van der Waals surface area contributed by atoms with Gasteiger partial charge >= 0.3 is 0 Å². The summed E-state index contributed by atoms with van der Waals surface area (Å²) in [5, 5.41) is 0. The van der Waals surface area contributed by atoms with Crippen LogP contribution >= 0.6 is 0 Å². The first-order valence-corrected chi connectivity index (χ1v) is 10.4. The molecule has 0 fully saturated rings. The summed E-state index contributed by atoms with van der Waals surface area (Å²) in [5.41, 5.74) is 2.97. The number of fused-ring (bicyclic) bond motifs is 1. The fraction of sp³-hybridized carbons (Fsp3) is 0.458. The number of ether oxygens (including phenoxy) is 2. The van der Waals surface area contributed by atoms with Gasteiger partial charge < -0.3 is 14.4 Å². The van der Waals surface area contributed by atoms with Crippen LogP contribution in [-0.2, 0) is 17.8 Å². The third-order valence-electron chi connectivity index (χ3n) is 5.36. The number of amides is 1. The van der Waals surface area contributed by atoms with E-state index in [0.29, 0.717) is 13.2 Å². The van der Waals surface area contributed by atoms with Crippen molar-refractivity contribution in [3.63, 3.8) is 0 Å². The Labute approximate surface area is 168 Å². The summed E-state index contributed by atoms with van der Waals surface area (Å²) >= 11 is 0. The highest BCUT2D eigenvalue weighted by Crippen LogP contribution is 2.27. The molecule has 0 bridgehead atoms. The van der Waals surface area contributed by atoms with E-state index in [-0.39, 0.29) is 12.1 Å². The van der Waals surface area contributed by atoms with Gasteiger partial charge in [0.05, 0.1) is 0 Å². The molecule has 2 aromatic carbocycles. The lowest BCUT2D eigenvalue weighted by Gasteiger charge is -2.34. The zero-order valence-electron chi connectivity index (χ0n) is 17.0. The molecule has 0 saturated carbocycles. The molecule has 0 N–H and O–H groups in total. The van der Waals surface area contributed by atoms with Crippen LogP contribution in [0.15, 0.2) is 48.5 Å². The van der Waals surface area contributed by atoms with Gasteiger partial charge in [0.15, 0.2) is 0 Å². The molecule has 1 aliphatic rings. The Kier molecular flexibility index (Phi) is 7.49. The van der Waals surface area contributed by atoms with Crippen molar-refractivity contribution < 1.29 is 14.3 Å². The van der Waals surface area contributed by atoms with Gasteiger partial charge in [-0.1, -0.05) is 56.5 Å². The van der Waals surface area contributed by atoms with Crippen molar-refractivity contribution in [1.29, 1.82) is 0 Å². The fourth-order valence-corrected chi connectivity index (χ4v) is 3.73. The molecule has 0 radical (unpaired) electrons. The molecule has 0 spiro atoms. The largest absolute Gasteiger partial charge is 0.489 e. The number of carbonyl (C=O) groups excluding carboxylic acids is 1. The minimum atomic E-state index is -0.133. The minimum absolute atomic E-state index is 0.0678. The Morgan fingerprint density at radius 1 is 1.07 bits per heavy atom. The molecule has 28 heavy (non-hydrogen) atoms. The van der Waals surface area contributed by atoms with Crippen molar-refractivity contribution in [3.05, 3.63) is 65.2 Å². The monoisotopic (exact) mass is 381 g/mol. The fourth-order valence-electron chi connectivity index (χ4n) is 3.73. The SMILES string of the molecule is CCCCCCC(OC)N1CCc2cc(OCc3ccccc3)ccc2C1=O. The number of benzene rings is 2. The van der Waals surface area contributed by atoms with E-state index in [1.165, 1.54) is 19.3 Å². The Morgan fingerprint density at radius 3 is 2.64 bits per heavy atom. The molecule has 4 nitrogen and oxygen atoms in total. The topological polar surface area (TPSA) is 38.8 Å². The van der Waals surface area contributed by atoms with Crippen LogP contribution in [0, 0.1) is 0 Å². The molecule has 4 heteroatoms. The highest BCUT2D eigenvalue weighted by Gasteiger charge is 2.30. The Balaban J connectivity index is 1.62. The van der Waals surface area contributed by atoms with E-state index in [0.717, 1.165) is 41.7 Å². The number of hydrogen-bond donors (Lipinski definition) is 0. The Hall–Kier alpha value is -2.33. The number of methoxy groups -OCH3 is 1. The van der Waals surface area contributed by atoms with E-state index in [1.54, 1.807) is 7.11 Å². The molecule has 3 rings (SSSR count). The summed E-state index contributed by atoms with van der Waals surface area (Å²) in [4.78, 5) is 14.9. The molecule has 1 amide bonds. The summed E-state index contributed by atoms with van der Waals surface area (Å²) in [6, 6.07) is 15.9. The van der Waals surface area contributed by atoms with Gasteiger partial charge in [0, 0.05) is 19.2 Å². The van der Waals surface area contributed by atoms with Crippen LogP contribution in [0.1, 0.15) is 60.5 Å². The molecule has 1 atom stereocenters. The molecule has 1 aliphatic heterocycles. The lowest BCUT2D eigenvalue weighted by molar-refractivity contribution is -0.0277. The number of hydrogen-bond acceptors (Lipinski definition) is 3. The van der Waals surface area contributed by atoms with Crippen LogP contribution in [0.2, 0.25) is 0 Å². The minimum Gasteiger partial charge on any atom is -0.489 e. The van der Waals surface area contributed by atoms with Crippen LogP contribution in [0.5, 0.6) is 5.75 Å². The predicted molar refractivity (Wildman–Crippen MR) is 112 cm³/mol. The van der Waals surface area contributed by atoms with E-state index < -0.39 is 0 Å². The highest BCUT2D eigenvalue weighted by molar-refractivity contribution is 5.97. The number of carbonyl (C=O) groups is 1. The van der Waals surface area contributed by atoms with Gasteiger partial charge in [0.1, 0.15) is 18.6 Å². The highest BCUT2D eigenvalue weighted by atomic mass is 16.5. The first-order chi connectivity index (χ1) is 13.7. The van der Waals surface area contributed by atoms with E-state index in [1.807, 2.05) is 53.4 Å². The lowest BCUT2D eigenvalue weighted by Crippen LogP contribution is -2.45. The van der Waals surface area contributed by atoms with Gasteiger partial charge in [-0.2, -0.15) is 0 Å². The predicted octanol–water partition coefficient (Wildman–Crippen LogP) is 5.21. The summed E-state index contributed by atoms with van der Waals surface area (Å²) in [6.07, 6.45) is 6.33. The van der Waals surface area contributed by atoms with Crippen molar-refractivity contribution in [2.45, 2.75) is 58.3 Å². The average molecular weight is 382 g/mol. The zero-order chi connectivity index (χ0) is 19.8. The number of unbranched alkanes of at least 4 members (excludes halogenated alkanes) is 3. The second kappa shape index (κ2) is 10.3. The quantitative estimate of drug-likeness (QED) is 0.531. The molecule has 1 unspecified atom stereocenters. The van der Waals surface area contributed by atoms with E-state index >= 15 is 0 Å². The molecule has 0 aromatic heterocycles. The normalized spacial score (nSPS) is 14.6. The number of rotatable bonds is 10. The van der Waals surface area contributed by atoms with Gasteiger partial charge in [0.25, 0.3) is 5.91 Å². The van der Waals surface area contributed by atoms with Gasteiger partial charge in [0.2, 0.25) is 0 Å². The van der Waals surface area contributed by atoms with Crippen LogP contribution < -0.4 is 4.74 Å². The number of nitrogens with zero attached hydrogens (tertiary/aromatic N) is 1. The molecule has 0 aliphatic carbocycles. The third kappa shape index (κ3) is 5.14. The van der Waals surface area contributed by atoms with Crippen LogP contribution in [-0.4, -0.2) is 30.7 Å². The maximum atomic E-state index is 13.0. The zero-order valence-corrected chi connectivity index (χ0v) is 17.0. The van der Waals surface area contributed by atoms with Gasteiger partial charge in [-0.25, -0.2) is 0 Å². The van der Waals surface area contributed by atoms with E-state index in [4.69, 9.17) is 9.47 Å².